The molecule has 2 aromatic carbocycles. The minimum absolute atomic E-state index is 0.00569. The molecule has 0 saturated heterocycles. The molecule has 1 heterocycles. The van der Waals surface area contributed by atoms with Gasteiger partial charge in [-0.1, -0.05) is 11.6 Å². The SMILES string of the molecule is Cc1ccc2oc3cc(OCC(O)CN(C)C(C)(C)CO)ccc3c(=O)c2c1. The van der Waals surface area contributed by atoms with Crippen LogP contribution in [0.3, 0.4) is 0 Å². The van der Waals surface area contributed by atoms with Crippen molar-refractivity contribution < 1.29 is 19.4 Å². The molecule has 3 rings (SSSR count). The lowest BCUT2D eigenvalue weighted by Gasteiger charge is -2.35. The van der Waals surface area contributed by atoms with E-state index in [9.17, 15) is 15.0 Å². The normalized spacial score (nSPS) is 13.4. The van der Waals surface area contributed by atoms with Crippen LogP contribution in [0.1, 0.15) is 19.4 Å². The first kappa shape index (κ1) is 20.3. The summed E-state index contributed by atoms with van der Waals surface area (Å²) in [5, 5.41) is 20.7. The van der Waals surface area contributed by atoms with Crippen molar-refractivity contribution in [2.75, 3.05) is 26.8 Å². The lowest BCUT2D eigenvalue weighted by molar-refractivity contribution is 0.0193. The molecule has 0 radical (unpaired) electrons. The van der Waals surface area contributed by atoms with Gasteiger partial charge in [-0.15, -0.1) is 0 Å². The summed E-state index contributed by atoms with van der Waals surface area (Å²) in [6.07, 6.45) is -0.724. The standard InChI is InChI=1S/C22H27NO5/c1-14-5-8-19-18(9-14)21(26)17-7-6-16(10-20(17)28-19)27-12-15(25)11-23(4)22(2,3)13-24/h5-10,15,24-25H,11-13H2,1-4H3. The third kappa shape index (κ3) is 4.19. The van der Waals surface area contributed by atoms with Gasteiger partial charge in [0.2, 0.25) is 5.43 Å². The Morgan fingerprint density at radius 2 is 1.89 bits per heavy atom. The molecule has 6 nitrogen and oxygen atoms in total. The molecule has 0 aliphatic rings. The summed E-state index contributed by atoms with van der Waals surface area (Å²) < 4.78 is 11.6. The van der Waals surface area contributed by atoms with Crippen LogP contribution in [0.25, 0.3) is 21.9 Å². The Bertz CT molecular complexity index is 1040. The summed E-state index contributed by atoms with van der Waals surface area (Å²) in [4.78, 5) is 14.6. The molecule has 0 fully saturated rings. The highest BCUT2D eigenvalue weighted by atomic mass is 16.5. The number of hydrogen-bond donors (Lipinski definition) is 2. The second-order valence-electron chi connectivity index (χ2n) is 7.90. The lowest BCUT2D eigenvalue weighted by Crippen LogP contribution is -2.48. The maximum atomic E-state index is 12.7. The monoisotopic (exact) mass is 385 g/mol. The average molecular weight is 385 g/mol. The minimum Gasteiger partial charge on any atom is -0.491 e. The van der Waals surface area contributed by atoms with E-state index in [0.717, 1.165) is 5.56 Å². The number of aliphatic hydroxyl groups excluding tert-OH is 2. The van der Waals surface area contributed by atoms with Gasteiger partial charge in [-0.05, 0) is 52.1 Å². The number of aliphatic hydroxyl groups is 2. The van der Waals surface area contributed by atoms with Gasteiger partial charge in [-0.2, -0.15) is 0 Å². The van der Waals surface area contributed by atoms with Gasteiger partial charge in [-0.3, -0.25) is 9.69 Å². The molecule has 150 valence electrons. The first-order valence-corrected chi connectivity index (χ1v) is 9.31. The van der Waals surface area contributed by atoms with E-state index < -0.39 is 11.6 Å². The topological polar surface area (TPSA) is 83.1 Å². The largest absolute Gasteiger partial charge is 0.491 e. The smallest absolute Gasteiger partial charge is 0.200 e. The van der Waals surface area contributed by atoms with Crippen molar-refractivity contribution in [1.29, 1.82) is 0 Å². The van der Waals surface area contributed by atoms with Gasteiger partial charge < -0.3 is 19.4 Å². The Balaban J connectivity index is 1.77. The zero-order valence-electron chi connectivity index (χ0n) is 16.7. The van der Waals surface area contributed by atoms with Crippen molar-refractivity contribution in [3.63, 3.8) is 0 Å². The van der Waals surface area contributed by atoms with Gasteiger partial charge in [0.25, 0.3) is 0 Å². The van der Waals surface area contributed by atoms with Crippen LogP contribution in [0.4, 0.5) is 0 Å². The van der Waals surface area contributed by atoms with Crippen LogP contribution in [0.5, 0.6) is 5.75 Å². The van der Waals surface area contributed by atoms with E-state index >= 15 is 0 Å². The third-order valence-electron chi connectivity index (χ3n) is 5.14. The highest BCUT2D eigenvalue weighted by molar-refractivity contribution is 5.90. The van der Waals surface area contributed by atoms with E-state index in [-0.39, 0.29) is 18.6 Å². The molecule has 1 aromatic heterocycles. The van der Waals surface area contributed by atoms with Gasteiger partial charge >= 0.3 is 0 Å². The van der Waals surface area contributed by atoms with Crippen molar-refractivity contribution in [2.45, 2.75) is 32.4 Å². The number of ether oxygens (including phenoxy) is 1. The number of benzene rings is 2. The quantitative estimate of drug-likeness (QED) is 0.609. The van der Waals surface area contributed by atoms with Gasteiger partial charge in [0.05, 0.1) is 17.4 Å². The van der Waals surface area contributed by atoms with E-state index in [0.29, 0.717) is 34.2 Å². The molecule has 0 spiro atoms. The molecule has 0 bridgehead atoms. The Morgan fingerprint density at radius 3 is 2.61 bits per heavy atom. The van der Waals surface area contributed by atoms with Crippen molar-refractivity contribution in [3.05, 3.63) is 52.2 Å². The van der Waals surface area contributed by atoms with Crippen LogP contribution in [0.2, 0.25) is 0 Å². The third-order valence-corrected chi connectivity index (χ3v) is 5.14. The van der Waals surface area contributed by atoms with E-state index in [2.05, 4.69) is 0 Å². The van der Waals surface area contributed by atoms with Crippen LogP contribution in [0.15, 0.2) is 45.6 Å². The molecule has 1 atom stereocenters. The number of β-amino-alcohol motifs (C(OH)–C–C–N with tert-alkyl or cyclic N) is 1. The van der Waals surface area contributed by atoms with E-state index in [1.165, 1.54) is 0 Å². The maximum Gasteiger partial charge on any atom is 0.200 e. The Morgan fingerprint density at radius 1 is 1.14 bits per heavy atom. The molecule has 0 aliphatic carbocycles. The summed E-state index contributed by atoms with van der Waals surface area (Å²) in [7, 11) is 1.84. The molecule has 0 amide bonds. The average Bonchev–Trinajstić information content (AvgIpc) is 2.67. The Labute approximate surface area is 164 Å². The van der Waals surface area contributed by atoms with Gasteiger partial charge in [0.1, 0.15) is 29.6 Å². The van der Waals surface area contributed by atoms with E-state index in [1.807, 2.05) is 44.9 Å². The summed E-state index contributed by atoms with van der Waals surface area (Å²) in [6, 6.07) is 10.6. The van der Waals surface area contributed by atoms with Crippen LogP contribution < -0.4 is 10.2 Å². The first-order chi connectivity index (χ1) is 13.2. The van der Waals surface area contributed by atoms with Crippen LogP contribution in [0, 0.1) is 6.92 Å². The fourth-order valence-corrected chi connectivity index (χ4v) is 2.97. The summed E-state index contributed by atoms with van der Waals surface area (Å²) >= 11 is 0. The van der Waals surface area contributed by atoms with Crippen molar-refractivity contribution in [1.82, 2.24) is 4.90 Å². The fraction of sp³-hybridized carbons (Fsp3) is 0.409. The number of fused-ring (bicyclic) bond motifs is 2. The number of likely N-dealkylation sites (N-methyl/N-ethyl adjacent to an activating group) is 1. The second kappa shape index (κ2) is 7.91. The predicted molar refractivity (Wildman–Crippen MR) is 110 cm³/mol. The molecule has 2 N–H and O–H groups in total. The minimum atomic E-state index is -0.724. The summed E-state index contributed by atoms with van der Waals surface area (Å²) in [5.74, 6) is 0.519. The van der Waals surface area contributed by atoms with Crippen molar-refractivity contribution >= 4 is 21.9 Å². The second-order valence-corrected chi connectivity index (χ2v) is 7.90. The van der Waals surface area contributed by atoms with Gasteiger partial charge in [0.15, 0.2) is 0 Å². The zero-order valence-corrected chi connectivity index (χ0v) is 16.7. The maximum absolute atomic E-state index is 12.7. The van der Waals surface area contributed by atoms with E-state index in [4.69, 9.17) is 9.15 Å². The summed E-state index contributed by atoms with van der Waals surface area (Å²) in [5.41, 5.74) is 1.49. The Hall–Kier alpha value is -2.41. The molecule has 3 aromatic rings. The number of aryl methyl sites for hydroxylation is 1. The molecular weight excluding hydrogens is 358 g/mol. The fourth-order valence-electron chi connectivity index (χ4n) is 2.97. The number of nitrogens with zero attached hydrogens (tertiary/aromatic N) is 1. The van der Waals surface area contributed by atoms with Crippen LogP contribution in [-0.2, 0) is 0 Å². The molecule has 1 unspecified atom stereocenters. The molecular formula is C22H27NO5. The molecule has 6 heteroatoms. The van der Waals surface area contributed by atoms with Crippen LogP contribution >= 0.6 is 0 Å². The highest BCUT2D eigenvalue weighted by Crippen LogP contribution is 2.23. The number of hydrogen-bond acceptors (Lipinski definition) is 6. The molecule has 0 saturated carbocycles. The van der Waals surface area contributed by atoms with Crippen molar-refractivity contribution in [3.8, 4) is 5.75 Å². The van der Waals surface area contributed by atoms with Gasteiger partial charge in [0, 0.05) is 18.2 Å². The van der Waals surface area contributed by atoms with Gasteiger partial charge in [-0.25, -0.2) is 0 Å². The molecule has 0 aliphatic heterocycles. The summed E-state index contributed by atoms with van der Waals surface area (Å²) in [6.45, 7) is 6.18. The Kier molecular flexibility index (Phi) is 5.74. The zero-order chi connectivity index (χ0) is 20.5. The first-order valence-electron chi connectivity index (χ1n) is 9.31. The predicted octanol–water partition coefficient (Wildman–Crippen LogP) is 2.70. The highest BCUT2D eigenvalue weighted by Gasteiger charge is 2.24. The lowest BCUT2D eigenvalue weighted by atomic mass is 10.0. The molecule has 28 heavy (non-hydrogen) atoms. The number of rotatable bonds is 7. The van der Waals surface area contributed by atoms with Crippen LogP contribution in [-0.4, -0.2) is 53.6 Å². The van der Waals surface area contributed by atoms with E-state index in [1.54, 1.807) is 24.3 Å². The van der Waals surface area contributed by atoms with Crippen molar-refractivity contribution in [2.24, 2.45) is 0 Å².